The third kappa shape index (κ3) is 5.10. The molecule has 0 radical (unpaired) electrons. The summed E-state index contributed by atoms with van der Waals surface area (Å²) in [6.45, 7) is 8.72. The predicted molar refractivity (Wildman–Crippen MR) is 84.1 cm³/mol. The average molecular weight is 260 g/mol. The van der Waals surface area contributed by atoms with Gasteiger partial charge >= 0.3 is 0 Å². The van der Waals surface area contributed by atoms with Crippen molar-refractivity contribution in [1.82, 2.24) is 0 Å². The first kappa shape index (κ1) is 15.8. The van der Waals surface area contributed by atoms with Crippen LogP contribution in [-0.2, 0) is 12.8 Å². The molecule has 0 fully saturated rings. The lowest BCUT2D eigenvalue weighted by molar-refractivity contribution is 0.409. The van der Waals surface area contributed by atoms with E-state index in [0.29, 0.717) is 0 Å². The number of unbranched alkanes of at least 4 members (excludes halogenated alkanes) is 2. The minimum Gasteiger partial charge on any atom is -0.496 e. The van der Waals surface area contributed by atoms with Gasteiger partial charge in [-0.3, -0.25) is 0 Å². The van der Waals surface area contributed by atoms with E-state index in [1.54, 1.807) is 7.11 Å². The molecule has 0 spiro atoms. The van der Waals surface area contributed by atoms with E-state index in [1.165, 1.54) is 41.5 Å². The van der Waals surface area contributed by atoms with E-state index in [0.717, 1.165) is 18.6 Å². The second-order valence-electron chi connectivity index (χ2n) is 5.54. The summed E-state index contributed by atoms with van der Waals surface area (Å²) in [6.07, 6.45) is 8.24. The van der Waals surface area contributed by atoms with Gasteiger partial charge in [0.1, 0.15) is 5.75 Å². The van der Waals surface area contributed by atoms with E-state index in [2.05, 4.69) is 45.9 Å². The Balaban J connectivity index is 2.91. The quantitative estimate of drug-likeness (QED) is 0.481. The Morgan fingerprint density at radius 3 is 2.53 bits per heavy atom. The highest BCUT2D eigenvalue weighted by atomic mass is 16.5. The Kier molecular flexibility index (Phi) is 6.69. The summed E-state index contributed by atoms with van der Waals surface area (Å²) in [5.74, 6) is 1.05. The summed E-state index contributed by atoms with van der Waals surface area (Å²) in [7, 11) is 1.77. The standard InChI is InChI=1S/C18H28O/c1-6-7-8-9-16-12-15(4)17(11-10-14(2)3)18(13-16)19-5/h10,12-13H,6-9,11H2,1-5H3. The molecule has 0 bridgehead atoms. The van der Waals surface area contributed by atoms with Crippen LogP contribution in [-0.4, -0.2) is 7.11 Å². The number of hydrogen-bond acceptors (Lipinski definition) is 1. The molecule has 1 heteroatoms. The molecule has 0 saturated heterocycles. The second kappa shape index (κ2) is 8.04. The van der Waals surface area contributed by atoms with Crippen LogP contribution in [0.1, 0.15) is 56.7 Å². The molecule has 0 amide bonds. The highest BCUT2D eigenvalue weighted by molar-refractivity contribution is 5.44. The fourth-order valence-electron chi connectivity index (χ4n) is 2.33. The monoisotopic (exact) mass is 260 g/mol. The molecule has 1 aromatic rings. The van der Waals surface area contributed by atoms with Crippen molar-refractivity contribution in [2.45, 2.75) is 59.8 Å². The molecular weight excluding hydrogens is 232 g/mol. The van der Waals surface area contributed by atoms with Gasteiger partial charge in [0.25, 0.3) is 0 Å². The number of benzene rings is 1. The third-order valence-corrected chi connectivity index (χ3v) is 3.50. The summed E-state index contributed by atoms with van der Waals surface area (Å²) < 4.78 is 5.58. The maximum atomic E-state index is 5.58. The van der Waals surface area contributed by atoms with Crippen LogP contribution in [0.3, 0.4) is 0 Å². The van der Waals surface area contributed by atoms with Gasteiger partial charge in [-0.2, -0.15) is 0 Å². The Bertz CT molecular complexity index is 426. The Morgan fingerprint density at radius 1 is 1.21 bits per heavy atom. The van der Waals surface area contributed by atoms with E-state index in [-0.39, 0.29) is 0 Å². The zero-order valence-electron chi connectivity index (χ0n) is 13.2. The lowest BCUT2D eigenvalue weighted by Crippen LogP contribution is -1.98. The molecule has 106 valence electrons. The van der Waals surface area contributed by atoms with Gasteiger partial charge in [0.2, 0.25) is 0 Å². The van der Waals surface area contributed by atoms with E-state index in [9.17, 15) is 0 Å². The van der Waals surface area contributed by atoms with Gasteiger partial charge in [0.05, 0.1) is 7.11 Å². The first-order valence-electron chi connectivity index (χ1n) is 7.38. The van der Waals surface area contributed by atoms with Crippen LogP contribution in [0.2, 0.25) is 0 Å². The minimum absolute atomic E-state index is 0.965. The molecule has 0 heterocycles. The van der Waals surface area contributed by atoms with E-state index >= 15 is 0 Å². The maximum absolute atomic E-state index is 5.58. The van der Waals surface area contributed by atoms with Crippen molar-refractivity contribution >= 4 is 0 Å². The van der Waals surface area contributed by atoms with Gasteiger partial charge in [-0.1, -0.05) is 37.5 Å². The van der Waals surface area contributed by atoms with Crippen molar-refractivity contribution in [2.75, 3.05) is 7.11 Å². The highest BCUT2D eigenvalue weighted by Crippen LogP contribution is 2.26. The SMILES string of the molecule is CCCCCc1cc(C)c(CC=C(C)C)c(OC)c1. The molecule has 0 atom stereocenters. The van der Waals surface area contributed by atoms with Crippen LogP contribution in [0.5, 0.6) is 5.75 Å². The van der Waals surface area contributed by atoms with Crippen LogP contribution in [0, 0.1) is 6.92 Å². The van der Waals surface area contributed by atoms with Gasteiger partial charge in [0, 0.05) is 5.56 Å². The number of methoxy groups -OCH3 is 1. The molecule has 1 aromatic carbocycles. The first-order chi connectivity index (χ1) is 9.08. The fourth-order valence-corrected chi connectivity index (χ4v) is 2.33. The topological polar surface area (TPSA) is 9.23 Å². The highest BCUT2D eigenvalue weighted by Gasteiger charge is 2.08. The number of rotatable bonds is 7. The Labute approximate surface area is 118 Å². The van der Waals surface area contributed by atoms with Crippen molar-refractivity contribution in [3.63, 3.8) is 0 Å². The van der Waals surface area contributed by atoms with Gasteiger partial charge in [-0.05, 0) is 57.2 Å². The van der Waals surface area contributed by atoms with Crippen LogP contribution in [0.15, 0.2) is 23.8 Å². The van der Waals surface area contributed by atoms with Crippen molar-refractivity contribution < 1.29 is 4.74 Å². The van der Waals surface area contributed by atoms with Crippen LogP contribution in [0.4, 0.5) is 0 Å². The Morgan fingerprint density at radius 2 is 1.95 bits per heavy atom. The Hall–Kier alpha value is -1.24. The van der Waals surface area contributed by atoms with Crippen LogP contribution in [0.25, 0.3) is 0 Å². The zero-order valence-corrected chi connectivity index (χ0v) is 13.2. The van der Waals surface area contributed by atoms with Crippen molar-refractivity contribution in [3.05, 3.63) is 40.5 Å². The summed E-state index contributed by atoms with van der Waals surface area (Å²) in [6, 6.07) is 4.54. The molecule has 0 aliphatic carbocycles. The number of allylic oxidation sites excluding steroid dienone is 2. The fraction of sp³-hybridized carbons (Fsp3) is 0.556. The minimum atomic E-state index is 0.965. The van der Waals surface area contributed by atoms with Crippen molar-refractivity contribution in [2.24, 2.45) is 0 Å². The van der Waals surface area contributed by atoms with Crippen molar-refractivity contribution in [1.29, 1.82) is 0 Å². The maximum Gasteiger partial charge on any atom is 0.122 e. The third-order valence-electron chi connectivity index (χ3n) is 3.50. The lowest BCUT2D eigenvalue weighted by Gasteiger charge is -2.13. The molecule has 19 heavy (non-hydrogen) atoms. The van der Waals surface area contributed by atoms with Gasteiger partial charge in [-0.25, -0.2) is 0 Å². The summed E-state index contributed by atoms with van der Waals surface area (Å²) >= 11 is 0. The molecule has 0 N–H and O–H groups in total. The molecular formula is C18H28O. The predicted octanol–water partition coefficient (Wildman–Crippen LogP) is 5.25. The number of hydrogen-bond donors (Lipinski definition) is 0. The van der Waals surface area contributed by atoms with E-state index < -0.39 is 0 Å². The van der Waals surface area contributed by atoms with Gasteiger partial charge in [-0.15, -0.1) is 0 Å². The van der Waals surface area contributed by atoms with Crippen LogP contribution >= 0.6 is 0 Å². The summed E-state index contributed by atoms with van der Waals surface area (Å²) in [5.41, 5.74) is 5.43. The number of aryl methyl sites for hydroxylation is 2. The molecule has 1 nitrogen and oxygen atoms in total. The zero-order chi connectivity index (χ0) is 14.3. The normalized spacial score (nSPS) is 10.4. The van der Waals surface area contributed by atoms with Gasteiger partial charge in [0.15, 0.2) is 0 Å². The lowest BCUT2D eigenvalue weighted by atomic mass is 9.97. The van der Waals surface area contributed by atoms with Crippen LogP contribution < -0.4 is 4.74 Å². The van der Waals surface area contributed by atoms with Gasteiger partial charge < -0.3 is 4.74 Å². The summed E-state index contributed by atoms with van der Waals surface area (Å²) in [4.78, 5) is 0. The molecule has 0 aromatic heterocycles. The number of ether oxygens (including phenoxy) is 1. The van der Waals surface area contributed by atoms with E-state index in [1.807, 2.05) is 0 Å². The largest absolute Gasteiger partial charge is 0.496 e. The molecule has 0 aliphatic rings. The smallest absolute Gasteiger partial charge is 0.122 e. The molecule has 0 aliphatic heterocycles. The molecule has 0 unspecified atom stereocenters. The first-order valence-corrected chi connectivity index (χ1v) is 7.38. The average Bonchev–Trinajstić information content (AvgIpc) is 2.37. The van der Waals surface area contributed by atoms with Crippen molar-refractivity contribution in [3.8, 4) is 5.75 Å². The molecule has 0 saturated carbocycles. The second-order valence-corrected chi connectivity index (χ2v) is 5.54. The summed E-state index contributed by atoms with van der Waals surface area (Å²) in [5, 5.41) is 0. The van der Waals surface area contributed by atoms with E-state index in [4.69, 9.17) is 4.74 Å². The molecule has 1 rings (SSSR count).